The van der Waals surface area contributed by atoms with Crippen LogP contribution in [0, 0.1) is 0 Å². The number of rotatable bonds is 4. The van der Waals surface area contributed by atoms with Crippen LogP contribution in [0.2, 0.25) is 0 Å². The second kappa shape index (κ2) is 4.14. The Kier molecular flexibility index (Phi) is 2.87. The highest BCUT2D eigenvalue weighted by Gasteiger charge is 2.22. The molecule has 14 heavy (non-hydrogen) atoms. The Morgan fingerprint density at radius 1 is 1.29 bits per heavy atom. The molecule has 1 atom stereocenters. The van der Waals surface area contributed by atoms with E-state index in [0.29, 0.717) is 6.04 Å². The van der Waals surface area contributed by atoms with E-state index in [9.17, 15) is 0 Å². The Morgan fingerprint density at radius 3 is 2.43 bits per heavy atom. The fourth-order valence-corrected chi connectivity index (χ4v) is 1.77. The minimum Gasteiger partial charge on any atom is -0.328 e. The third-order valence-electron chi connectivity index (χ3n) is 2.92. The van der Waals surface area contributed by atoms with Crippen LogP contribution in [-0.4, -0.2) is 6.04 Å². The van der Waals surface area contributed by atoms with Gasteiger partial charge in [0, 0.05) is 6.04 Å². The zero-order valence-corrected chi connectivity index (χ0v) is 8.87. The lowest BCUT2D eigenvalue weighted by molar-refractivity contribution is 0.666. The summed E-state index contributed by atoms with van der Waals surface area (Å²) in [4.78, 5) is 0. The van der Waals surface area contributed by atoms with Gasteiger partial charge >= 0.3 is 0 Å². The largest absolute Gasteiger partial charge is 0.328 e. The van der Waals surface area contributed by atoms with Crippen molar-refractivity contribution in [2.75, 3.05) is 0 Å². The van der Waals surface area contributed by atoms with E-state index in [2.05, 4.69) is 31.2 Å². The van der Waals surface area contributed by atoms with Crippen LogP contribution in [0.15, 0.2) is 24.3 Å². The third-order valence-corrected chi connectivity index (χ3v) is 2.92. The molecule has 1 fully saturated rings. The third kappa shape index (κ3) is 2.58. The van der Waals surface area contributed by atoms with Crippen molar-refractivity contribution in [3.8, 4) is 0 Å². The van der Waals surface area contributed by atoms with Crippen molar-refractivity contribution in [3.63, 3.8) is 0 Å². The first-order chi connectivity index (χ1) is 6.75. The summed E-state index contributed by atoms with van der Waals surface area (Å²) in [6, 6.07) is 9.41. The highest BCUT2D eigenvalue weighted by Crippen LogP contribution is 2.39. The molecular formula is C13H19N. The van der Waals surface area contributed by atoms with Gasteiger partial charge in [-0.25, -0.2) is 0 Å². The van der Waals surface area contributed by atoms with Crippen molar-refractivity contribution in [1.82, 2.24) is 0 Å². The number of benzene rings is 1. The molecular weight excluding hydrogens is 170 g/mol. The minimum absolute atomic E-state index is 0.318. The average Bonchev–Trinajstić information content (AvgIpc) is 2.99. The van der Waals surface area contributed by atoms with E-state index in [0.717, 1.165) is 18.8 Å². The standard InChI is InChI=1S/C13H19N/c1-10(14)2-3-11-4-6-12(7-5-11)13-8-9-13/h4-7,10,13H,2-3,8-9,14H2,1H3/t10-/m0/s1. The first-order valence-corrected chi connectivity index (χ1v) is 5.60. The Bertz CT molecular complexity index is 283. The number of hydrogen-bond acceptors (Lipinski definition) is 1. The fourth-order valence-electron chi connectivity index (χ4n) is 1.77. The maximum atomic E-state index is 5.73. The minimum atomic E-state index is 0.318. The van der Waals surface area contributed by atoms with E-state index >= 15 is 0 Å². The monoisotopic (exact) mass is 189 g/mol. The van der Waals surface area contributed by atoms with E-state index in [4.69, 9.17) is 5.73 Å². The van der Waals surface area contributed by atoms with E-state index in [1.54, 1.807) is 0 Å². The van der Waals surface area contributed by atoms with Crippen LogP contribution in [0.3, 0.4) is 0 Å². The molecule has 2 rings (SSSR count). The van der Waals surface area contributed by atoms with Gasteiger partial charge in [0.05, 0.1) is 0 Å². The number of nitrogens with two attached hydrogens (primary N) is 1. The van der Waals surface area contributed by atoms with Crippen LogP contribution in [-0.2, 0) is 6.42 Å². The zero-order chi connectivity index (χ0) is 9.97. The Hall–Kier alpha value is -0.820. The van der Waals surface area contributed by atoms with Gasteiger partial charge in [0.2, 0.25) is 0 Å². The van der Waals surface area contributed by atoms with Crippen LogP contribution in [0.5, 0.6) is 0 Å². The van der Waals surface area contributed by atoms with Crippen LogP contribution >= 0.6 is 0 Å². The van der Waals surface area contributed by atoms with Crippen molar-refractivity contribution in [2.24, 2.45) is 5.73 Å². The van der Waals surface area contributed by atoms with Gasteiger partial charge in [-0.2, -0.15) is 0 Å². The van der Waals surface area contributed by atoms with Gasteiger partial charge < -0.3 is 5.73 Å². The van der Waals surface area contributed by atoms with Gasteiger partial charge in [0.1, 0.15) is 0 Å². The predicted octanol–water partition coefficient (Wildman–Crippen LogP) is 2.84. The lowest BCUT2D eigenvalue weighted by Crippen LogP contribution is -2.15. The lowest BCUT2D eigenvalue weighted by atomic mass is 10.0. The molecule has 1 aliphatic carbocycles. The summed E-state index contributed by atoms with van der Waals surface area (Å²) < 4.78 is 0. The summed E-state index contributed by atoms with van der Waals surface area (Å²) in [5, 5.41) is 0. The first-order valence-electron chi connectivity index (χ1n) is 5.60. The molecule has 0 heterocycles. The molecule has 0 radical (unpaired) electrons. The molecule has 0 unspecified atom stereocenters. The summed E-state index contributed by atoms with van der Waals surface area (Å²) in [5.41, 5.74) is 8.67. The van der Waals surface area contributed by atoms with Crippen LogP contribution in [0.25, 0.3) is 0 Å². The topological polar surface area (TPSA) is 26.0 Å². The van der Waals surface area contributed by atoms with Gasteiger partial charge in [-0.05, 0) is 49.7 Å². The van der Waals surface area contributed by atoms with Crippen LogP contribution in [0.1, 0.15) is 43.2 Å². The van der Waals surface area contributed by atoms with E-state index in [-0.39, 0.29) is 0 Å². The Labute approximate surface area is 86.3 Å². The summed E-state index contributed by atoms with van der Waals surface area (Å²) in [6.45, 7) is 2.07. The maximum Gasteiger partial charge on any atom is 0.00136 e. The summed E-state index contributed by atoms with van der Waals surface area (Å²) in [6.07, 6.45) is 4.98. The normalized spacial score (nSPS) is 18.1. The van der Waals surface area contributed by atoms with E-state index in [1.165, 1.54) is 24.0 Å². The van der Waals surface area contributed by atoms with Crippen molar-refractivity contribution >= 4 is 0 Å². The molecule has 0 aromatic heterocycles. The molecule has 1 nitrogen and oxygen atoms in total. The molecule has 0 bridgehead atoms. The molecule has 1 heteroatoms. The van der Waals surface area contributed by atoms with Gasteiger partial charge in [-0.3, -0.25) is 0 Å². The molecule has 1 aromatic carbocycles. The predicted molar refractivity (Wildman–Crippen MR) is 60.4 cm³/mol. The average molecular weight is 189 g/mol. The van der Waals surface area contributed by atoms with Crippen LogP contribution in [0.4, 0.5) is 0 Å². The first kappa shape index (κ1) is 9.72. The zero-order valence-electron chi connectivity index (χ0n) is 8.87. The van der Waals surface area contributed by atoms with E-state index < -0.39 is 0 Å². The van der Waals surface area contributed by atoms with Crippen molar-refractivity contribution < 1.29 is 0 Å². The molecule has 0 amide bonds. The molecule has 2 N–H and O–H groups in total. The van der Waals surface area contributed by atoms with Crippen molar-refractivity contribution in [3.05, 3.63) is 35.4 Å². The highest BCUT2D eigenvalue weighted by molar-refractivity contribution is 5.28. The SMILES string of the molecule is C[C@H](N)CCc1ccc(C2CC2)cc1. The maximum absolute atomic E-state index is 5.73. The summed E-state index contributed by atoms with van der Waals surface area (Å²) in [5.74, 6) is 0.873. The second-order valence-electron chi connectivity index (χ2n) is 4.53. The Balaban J connectivity index is 1.92. The van der Waals surface area contributed by atoms with Gasteiger partial charge in [0.15, 0.2) is 0 Å². The molecule has 76 valence electrons. The van der Waals surface area contributed by atoms with E-state index in [1.807, 2.05) is 0 Å². The molecule has 1 saturated carbocycles. The van der Waals surface area contributed by atoms with Gasteiger partial charge in [0.25, 0.3) is 0 Å². The molecule has 0 aliphatic heterocycles. The highest BCUT2D eigenvalue weighted by atomic mass is 14.6. The molecule has 0 saturated heterocycles. The van der Waals surface area contributed by atoms with Crippen molar-refractivity contribution in [1.29, 1.82) is 0 Å². The molecule has 0 spiro atoms. The number of aryl methyl sites for hydroxylation is 1. The van der Waals surface area contributed by atoms with Gasteiger partial charge in [-0.1, -0.05) is 24.3 Å². The summed E-state index contributed by atoms with van der Waals surface area (Å²) in [7, 11) is 0. The smallest absolute Gasteiger partial charge is 0.00136 e. The quantitative estimate of drug-likeness (QED) is 0.774. The summed E-state index contributed by atoms with van der Waals surface area (Å²) >= 11 is 0. The Morgan fingerprint density at radius 2 is 1.93 bits per heavy atom. The number of hydrogen-bond donors (Lipinski definition) is 1. The van der Waals surface area contributed by atoms with Crippen LogP contribution < -0.4 is 5.73 Å². The fraction of sp³-hybridized carbons (Fsp3) is 0.538. The second-order valence-corrected chi connectivity index (χ2v) is 4.53. The molecule has 1 aliphatic rings. The van der Waals surface area contributed by atoms with Gasteiger partial charge in [-0.15, -0.1) is 0 Å². The lowest BCUT2D eigenvalue weighted by Gasteiger charge is -2.05. The molecule has 1 aromatic rings. The van der Waals surface area contributed by atoms with Crippen molar-refractivity contribution in [2.45, 2.75) is 44.6 Å².